The molecule has 0 aliphatic carbocycles. The van der Waals surface area contributed by atoms with Crippen molar-refractivity contribution in [3.05, 3.63) is 29.6 Å². The first-order chi connectivity index (χ1) is 9.16. The molecule has 0 aromatic heterocycles. The number of nitrogens with zero attached hydrogens (tertiary/aromatic N) is 2. The van der Waals surface area contributed by atoms with E-state index in [0.717, 1.165) is 0 Å². The molecular weight excluding hydrogens is 267 g/mol. The number of ether oxygens (including phenoxy) is 1. The van der Waals surface area contributed by atoms with Crippen LogP contribution in [0.15, 0.2) is 23.3 Å². The molecule has 2 rings (SSSR count). The molecule has 1 aromatic rings. The van der Waals surface area contributed by atoms with Crippen LogP contribution < -0.4 is 16.1 Å². The van der Waals surface area contributed by atoms with Gasteiger partial charge in [-0.15, -0.1) is 0 Å². The molecule has 1 aliphatic rings. The van der Waals surface area contributed by atoms with E-state index in [1.54, 1.807) is 12.1 Å². The van der Waals surface area contributed by atoms with Gasteiger partial charge in [0, 0.05) is 13.1 Å². The lowest BCUT2D eigenvalue weighted by atomic mass is 10.2. The summed E-state index contributed by atoms with van der Waals surface area (Å²) >= 11 is 4.60. The van der Waals surface area contributed by atoms with E-state index in [4.69, 9.17) is 10.5 Å². The highest BCUT2D eigenvalue weighted by atomic mass is 32.1. The molecule has 102 valence electrons. The molecule has 3 N–H and O–H groups in total. The topological polar surface area (TPSA) is 62.9 Å². The zero-order valence-electron chi connectivity index (χ0n) is 10.3. The number of halogens is 1. The Labute approximate surface area is 116 Å². The van der Waals surface area contributed by atoms with E-state index >= 15 is 0 Å². The number of nitrogens with one attached hydrogen (secondary N) is 1. The van der Waals surface area contributed by atoms with Crippen LogP contribution in [0.4, 0.5) is 10.1 Å². The highest BCUT2D eigenvalue weighted by molar-refractivity contribution is 7.80. The molecule has 1 aliphatic heterocycles. The van der Waals surface area contributed by atoms with Crippen molar-refractivity contribution >= 4 is 29.2 Å². The quantitative estimate of drug-likeness (QED) is 0.488. The van der Waals surface area contributed by atoms with Crippen molar-refractivity contribution < 1.29 is 9.13 Å². The maximum absolute atomic E-state index is 14.0. The molecule has 7 heteroatoms. The fraction of sp³-hybridized carbons (Fsp3) is 0.333. The summed E-state index contributed by atoms with van der Waals surface area (Å²) in [6, 6.07) is 4.96. The van der Waals surface area contributed by atoms with E-state index in [1.165, 1.54) is 12.3 Å². The van der Waals surface area contributed by atoms with Gasteiger partial charge in [-0.3, -0.25) is 5.43 Å². The van der Waals surface area contributed by atoms with Gasteiger partial charge in [0.25, 0.3) is 0 Å². The van der Waals surface area contributed by atoms with Crippen molar-refractivity contribution in [2.45, 2.75) is 0 Å². The Hall–Kier alpha value is -1.73. The third-order valence-corrected chi connectivity index (χ3v) is 2.80. The van der Waals surface area contributed by atoms with Gasteiger partial charge < -0.3 is 15.4 Å². The number of anilines is 1. The summed E-state index contributed by atoms with van der Waals surface area (Å²) < 4.78 is 19.2. The van der Waals surface area contributed by atoms with E-state index in [9.17, 15) is 4.39 Å². The van der Waals surface area contributed by atoms with Gasteiger partial charge in [-0.1, -0.05) is 6.07 Å². The molecule has 0 atom stereocenters. The highest BCUT2D eigenvalue weighted by Gasteiger charge is 2.14. The van der Waals surface area contributed by atoms with Crippen LogP contribution in [0.3, 0.4) is 0 Å². The number of hydrogen-bond acceptors (Lipinski definition) is 4. The van der Waals surface area contributed by atoms with Gasteiger partial charge in [0.05, 0.1) is 25.1 Å². The molecule has 0 saturated carbocycles. The van der Waals surface area contributed by atoms with Crippen molar-refractivity contribution in [2.24, 2.45) is 10.8 Å². The standard InChI is InChI=1S/C12H15FN4OS/c13-10-7-9(8-15-16-12(14)19)1-2-11(10)17-3-5-18-6-4-17/h1-2,7-8H,3-6H2,(H3,14,16,19)/b15-8-. The van der Waals surface area contributed by atoms with Gasteiger partial charge in [-0.2, -0.15) is 5.10 Å². The van der Waals surface area contributed by atoms with Gasteiger partial charge in [0.2, 0.25) is 0 Å². The van der Waals surface area contributed by atoms with Gasteiger partial charge in [-0.25, -0.2) is 4.39 Å². The number of benzene rings is 1. The van der Waals surface area contributed by atoms with Gasteiger partial charge in [0.15, 0.2) is 5.11 Å². The third-order valence-electron chi connectivity index (χ3n) is 2.71. The first-order valence-corrected chi connectivity index (χ1v) is 6.28. The minimum Gasteiger partial charge on any atom is -0.378 e. The summed E-state index contributed by atoms with van der Waals surface area (Å²) in [7, 11) is 0. The molecule has 19 heavy (non-hydrogen) atoms. The maximum Gasteiger partial charge on any atom is 0.184 e. The van der Waals surface area contributed by atoms with E-state index in [1.807, 2.05) is 4.90 Å². The Bertz CT molecular complexity index is 489. The Kier molecular flexibility index (Phi) is 4.64. The molecule has 0 spiro atoms. The van der Waals surface area contributed by atoms with Crippen LogP contribution in [0.2, 0.25) is 0 Å². The van der Waals surface area contributed by atoms with E-state index in [2.05, 4.69) is 22.7 Å². The Balaban J connectivity index is 2.08. The predicted molar refractivity (Wildman–Crippen MR) is 76.9 cm³/mol. The van der Waals surface area contributed by atoms with Crippen molar-refractivity contribution in [2.75, 3.05) is 31.2 Å². The fourth-order valence-corrected chi connectivity index (χ4v) is 1.89. The van der Waals surface area contributed by atoms with Gasteiger partial charge in [0.1, 0.15) is 5.82 Å². The van der Waals surface area contributed by atoms with E-state index < -0.39 is 0 Å². The summed E-state index contributed by atoms with van der Waals surface area (Å²) in [6.07, 6.45) is 1.46. The molecule has 0 unspecified atom stereocenters. The van der Waals surface area contributed by atoms with Crippen LogP contribution in [0, 0.1) is 5.82 Å². The van der Waals surface area contributed by atoms with Crippen LogP contribution in [-0.2, 0) is 4.74 Å². The number of rotatable bonds is 3. The van der Waals surface area contributed by atoms with Crippen LogP contribution in [0.5, 0.6) is 0 Å². The monoisotopic (exact) mass is 282 g/mol. The smallest absolute Gasteiger partial charge is 0.184 e. The molecule has 1 aromatic carbocycles. The van der Waals surface area contributed by atoms with Crippen molar-refractivity contribution in [3.63, 3.8) is 0 Å². The number of thiocarbonyl (C=S) groups is 1. The summed E-state index contributed by atoms with van der Waals surface area (Å²) in [5, 5.41) is 3.85. The predicted octanol–water partition coefficient (Wildman–Crippen LogP) is 0.829. The summed E-state index contributed by atoms with van der Waals surface area (Å²) in [5.41, 5.74) is 8.87. The zero-order chi connectivity index (χ0) is 13.7. The second-order valence-corrected chi connectivity index (χ2v) is 4.48. The van der Waals surface area contributed by atoms with Crippen LogP contribution in [0.1, 0.15) is 5.56 Å². The second-order valence-electron chi connectivity index (χ2n) is 4.04. The SMILES string of the molecule is NC(=S)N/N=C\c1ccc(N2CCOCC2)c(F)c1. The lowest BCUT2D eigenvalue weighted by Gasteiger charge is -2.29. The lowest BCUT2D eigenvalue weighted by molar-refractivity contribution is 0.122. The number of hydrazone groups is 1. The lowest BCUT2D eigenvalue weighted by Crippen LogP contribution is -2.36. The average Bonchev–Trinajstić information content (AvgIpc) is 2.39. The van der Waals surface area contributed by atoms with Crippen LogP contribution in [0.25, 0.3) is 0 Å². The van der Waals surface area contributed by atoms with E-state index in [-0.39, 0.29) is 10.9 Å². The third kappa shape index (κ3) is 3.87. The number of nitrogens with two attached hydrogens (primary N) is 1. The Morgan fingerprint density at radius 3 is 2.84 bits per heavy atom. The second kappa shape index (κ2) is 6.44. The van der Waals surface area contributed by atoms with Crippen molar-refractivity contribution in [1.29, 1.82) is 0 Å². The van der Waals surface area contributed by atoms with Crippen LogP contribution >= 0.6 is 12.2 Å². The molecule has 1 heterocycles. The molecule has 5 nitrogen and oxygen atoms in total. The first kappa shape index (κ1) is 13.7. The maximum atomic E-state index is 14.0. The Morgan fingerprint density at radius 2 is 2.21 bits per heavy atom. The molecule has 1 fully saturated rings. The number of morpholine rings is 1. The normalized spacial score (nSPS) is 15.7. The molecule has 0 bridgehead atoms. The molecule has 0 amide bonds. The average molecular weight is 282 g/mol. The minimum absolute atomic E-state index is 0.0710. The summed E-state index contributed by atoms with van der Waals surface area (Å²) in [5.74, 6) is -0.277. The van der Waals surface area contributed by atoms with Gasteiger partial charge >= 0.3 is 0 Å². The van der Waals surface area contributed by atoms with Crippen molar-refractivity contribution in [1.82, 2.24) is 5.43 Å². The van der Waals surface area contributed by atoms with E-state index in [0.29, 0.717) is 37.6 Å². The Morgan fingerprint density at radius 1 is 1.47 bits per heavy atom. The highest BCUT2D eigenvalue weighted by Crippen LogP contribution is 2.20. The van der Waals surface area contributed by atoms with Crippen molar-refractivity contribution in [3.8, 4) is 0 Å². The summed E-state index contributed by atoms with van der Waals surface area (Å²) in [6.45, 7) is 2.65. The molecule has 0 radical (unpaired) electrons. The molecule has 1 saturated heterocycles. The zero-order valence-corrected chi connectivity index (χ0v) is 11.1. The number of hydrogen-bond donors (Lipinski definition) is 2. The van der Waals surface area contributed by atoms with Gasteiger partial charge in [-0.05, 0) is 29.9 Å². The minimum atomic E-state index is -0.277. The van der Waals surface area contributed by atoms with Crippen LogP contribution in [-0.4, -0.2) is 37.6 Å². The molecular formula is C12H15FN4OS. The fourth-order valence-electron chi connectivity index (χ4n) is 1.83. The first-order valence-electron chi connectivity index (χ1n) is 5.87. The summed E-state index contributed by atoms with van der Waals surface area (Å²) in [4.78, 5) is 1.97. The largest absolute Gasteiger partial charge is 0.378 e.